The van der Waals surface area contributed by atoms with Crippen LogP contribution in [0.25, 0.3) is 0 Å². The van der Waals surface area contributed by atoms with Gasteiger partial charge >= 0.3 is 11.8 Å². The number of carbonyl (C=O) groups excluding carboxylic acids is 3. The first-order valence-corrected chi connectivity index (χ1v) is 6.81. The van der Waals surface area contributed by atoms with E-state index in [2.05, 4.69) is 5.32 Å². The summed E-state index contributed by atoms with van der Waals surface area (Å²) in [5.41, 5.74) is 6.33. The van der Waals surface area contributed by atoms with E-state index in [-0.39, 0.29) is 5.69 Å². The second kappa shape index (κ2) is 7.42. The van der Waals surface area contributed by atoms with Crippen molar-refractivity contribution in [3.8, 4) is 0 Å². The van der Waals surface area contributed by atoms with E-state index in [4.69, 9.17) is 5.73 Å². The van der Waals surface area contributed by atoms with Crippen LogP contribution in [0.1, 0.15) is 27.2 Å². The van der Waals surface area contributed by atoms with Gasteiger partial charge < -0.3 is 11.1 Å². The highest BCUT2D eigenvalue weighted by Crippen LogP contribution is 2.18. The van der Waals surface area contributed by atoms with Crippen LogP contribution in [0, 0.1) is 5.92 Å². The monoisotopic (exact) mass is 291 g/mol. The van der Waals surface area contributed by atoms with E-state index in [1.165, 1.54) is 13.0 Å². The summed E-state index contributed by atoms with van der Waals surface area (Å²) < 4.78 is 0. The summed E-state index contributed by atoms with van der Waals surface area (Å²) in [7, 11) is 0. The SMILES string of the molecule is CC(=O)N(C(=O)C(=O)NCCC(C)C)c1cccc(N)c1. The Morgan fingerprint density at radius 3 is 2.48 bits per heavy atom. The molecule has 0 aliphatic carbocycles. The summed E-state index contributed by atoms with van der Waals surface area (Å²) in [6.07, 6.45) is 0.761. The Hall–Kier alpha value is -2.37. The number of nitrogen functional groups attached to an aromatic ring is 1. The molecule has 0 radical (unpaired) electrons. The number of imide groups is 1. The molecular weight excluding hydrogens is 270 g/mol. The van der Waals surface area contributed by atoms with E-state index in [0.717, 1.165) is 11.3 Å². The molecule has 0 atom stereocenters. The molecule has 0 unspecified atom stereocenters. The Kier molecular flexibility index (Phi) is 5.90. The van der Waals surface area contributed by atoms with Crippen LogP contribution in [0.15, 0.2) is 24.3 Å². The van der Waals surface area contributed by atoms with Crippen LogP contribution in [-0.4, -0.2) is 24.3 Å². The molecule has 1 aromatic rings. The number of rotatable bonds is 4. The van der Waals surface area contributed by atoms with Crippen LogP contribution >= 0.6 is 0 Å². The van der Waals surface area contributed by atoms with Gasteiger partial charge in [0.25, 0.3) is 0 Å². The lowest BCUT2D eigenvalue weighted by atomic mass is 10.1. The summed E-state index contributed by atoms with van der Waals surface area (Å²) in [4.78, 5) is 36.5. The van der Waals surface area contributed by atoms with Gasteiger partial charge in [-0.05, 0) is 30.5 Å². The maximum atomic E-state index is 12.1. The fraction of sp³-hybridized carbons (Fsp3) is 0.400. The van der Waals surface area contributed by atoms with Crippen molar-refractivity contribution in [1.82, 2.24) is 5.32 Å². The normalized spacial score (nSPS) is 10.3. The molecule has 0 aliphatic heterocycles. The number of hydrogen-bond acceptors (Lipinski definition) is 4. The van der Waals surface area contributed by atoms with Crippen LogP contribution in [0.3, 0.4) is 0 Å². The summed E-state index contributed by atoms with van der Waals surface area (Å²) >= 11 is 0. The average Bonchev–Trinajstić information content (AvgIpc) is 2.37. The second-order valence-electron chi connectivity index (χ2n) is 5.19. The van der Waals surface area contributed by atoms with Gasteiger partial charge in [-0.25, -0.2) is 4.90 Å². The van der Waals surface area contributed by atoms with E-state index >= 15 is 0 Å². The molecule has 0 saturated heterocycles. The number of amides is 3. The molecule has 0 heterocycles. The maximum Gasteiger partial charge on any atom is 0.323 e. The molecule has 0 bridgehead atoms. The molecular formula is C15H21N3O3. The fourth-order valence-corrected chi connectivity index (χ4v) is 1.76. The van der Waals surface area contributed by atoms with Gasteiger partial charge in [-0.15, -0.1) is 0 Å². The highest BCUT2D eigenvalue weighted by atomic mass is 16.2. The van der Waals surface area contributed by atoms with E-state index in [0.29, 0.717) is 18.2 Å². The Labute approximate surface area is 124 Å². The van der Waals surface area contributed by atoms with Crippen molar-refractivity contribution in [2.24, 2.45) is 5.92 Å². The lowest BCUT2D eigenvalue weighted by Gasteiger charge is -2.19. The van der Waals surface area contributed by atoms with Crippen molar-refractivity contribution in [3.05, 3.63) is 24.3 Å². The van der Waals surface area contributed by atoms with Crippen molar-refractivity contribution in [2.45, 2.75) is 27.2 Å². The molecule has 6 heteroatoms. The molecule has 0 aliphatic rings. The molecule has 6 nitrogen and oxygen atoms in total. The van der Waals surface area contributed by atoms with E-state index in [1.54, 1.807) is 18.2 Å². The topological polar surface area (TPSA) is 92.5 Å². The molecule has 21 heavy (non-hydrogen) atoms. The standard InChI is InChI=1S/C15H21N3O3/c1-10(2)7-8-17-14(20)15(21)18(11(3)19)13-6-4-5-12(16)9-13/h4-6,9-10H,7-8,16H2,1-3H3,(H,17,20). The molecule has 0 aromatic heterocycles. The van der Waals surface area contributed by atoms with Crippen LogP contribution in [-0.2, 0) is 14.4 Å². The van der Waals surface area contributed by atoms with Crippen molar-refractivity contribution in [3.63, 3.8) is 0 Å². The van der Waals surface area contributed by atoms with Crippen molar-refractivity contribution < 1.29 is 14.4 Å². The number of benzene rings is 1. The lowest BCUT2D eigenvalue weighted by molar-refractivity contribution is -0.139. The predicted molar refractivity (Wildman–Crippen MR) is 81.5 cm³/mol. The maximum absolute atomic E-state index is 12.1. The molecule has 3 N–H and O–H groups in total. The van der Waals surface area contributed by atoms with E-state index < -0.39 is 17.7 Å². The van der Waals surface area contributed by atoms with Crippen molar-refractivity contribution >= 4 is 29.1 Å². The molecule has 0 fully saturated rings. The van der Waals surface area contributed by atoms with Crippen LogP contribution in [0.2, 0.25) is 0 Å². The second-order valence-corrected chi connectivity index (χ2v) is 5.19. The first-order chi connectivity index (χ1) is 9.82. The Bertz CT molecular complexity index is 541. The Morgan fingerprint density at radius 2 is 1.95 bits per heavy atom. The number of hydrogen-bond donors (Lipinski definition) is 2. The van der Waals surface area contributed by atoms with Gasteiger partial charge in [0.05, 0.1) is 5.69 Å². The van der Waals surface area contributed by atoms with E-state index in [9.17, 15) is 14.4 Å². The highest BCUT2D eigenvalue weighted by Gasteiger charge is 2.26. The van der Waals surface area contributed by atoms with Gasteiger partial charge in [0.2, 0.25) is 5.91 Å². The summed E-state index contributed by atoms with van der Waals surface area (Å²) in [5.74, 6) is -1.83. The summed E-state index contributed by atoms with van der Waals surface area (Å²) in [5, 5.41) is 2.52. The zero-order valence-electron chi connectivity index (χ0n) is 12.6. The average molecular weight is 291 g/mol. The third-order valence-corrected chi connectivity index (χ3v) is 2.85. The van der Waals surface area contributed by atoms with Crippen molar-refractivity contribution in [1.29, 1.82) is 0 Å². The largest absolute Gasteiger partial charge is 0.399 e. The number of nitrogens with two attached hydrogens (primary N) is 1. The Balaban J connectivity index is 2.83. The van der Waals surface area contributed by atoms with Gasteiger partial charge in [0.1, 0.15) is 0 Å². The van der Waals surface area contributed by atoms with Gasteiger partial charge in [-0.2, -0.15) is 0 Å². The minimum absolute atomic E-state index is 0.284. The zero-order valence-corrected chi connectivity index (χ0v) is 12.6. The van der Waals surface area contributed by atoms with Gasteiger partial charge in [-0.1, -0.05) is 19.9 Å². The molecule has 0 saturated carbocycles. The first-order valence-electron chi connectivity index (χ1n) is 6.81. The Morgan fingerprint density at radius 1 is 1.29 bits per heavy atom. The number of carbonyl (C=O) groups is 3. The van der Waals surface area contributed by atoms with Crippen LogP contribution < -0.4 is 16.0 Å². The van der Waals surface area contributed by atoms with Crippen molar-refractivity contribution in [2.75, 3.05) is 17.2 Å². The molecule has 114 valence electrons. The van der Waals surface area contributed by atoms with Crippen LogP contribution in [0.5, 0.6) is 0 Å². The van der Waals surface area contributed by atoms with Gasteiger partial charge in [0.15, 0.2) is 0 Å². The summed E-state index contributed by atoms with van der Waals surface area (Å²) in [6, 6.07) is 6.28. The molecule has 1 aromatic carbocycles. The lowest BCUT2D eigenvalue weighted by Crippen LogP contribution is -2.45. The minimum Gasteiger partial charge on any atom is -0.399 e. The molecule has 1 rings (SSSR count). The third-order valence-electron chi connectivity index (χ3n) is 2.85. The number of anilines is 2. The first kappa shape index (κ1) is 16.7. The fourth-order valence-electron chi connectivity index (χ4n) is 1.76. The zero-order chi connectivity index (χ0) is 16.0. The van der Waals surface area contributed by atoms with Gasteiger partial charge in [-0.3, -0.25) is 14.4 Å². The molecule has 3 amide bonds. The number of nitrogens with one attached hydrogen (secondary N) is 1. The highest BCUT2D eigenvalue weighted by molar-refractivity contribution is 6.45. The third kappa shape index (κ3) is 4.91. The number of nitrogens with zero attached hydrogens (tertiary/aromatic N) is 1. The predicted octanol–water partition coefficient (Wildman–Crippen LogP) is 1.31. The quantitative estimate of drug-likeness (QED) is 0.646. The minimum atomic E-state index is -0.906. The molecule has 0 spiro atoms. The summed E-state index contributed by atoms with van der Waals surface area (Å²) in [6.45, 7) is 5.65. The van der Waals surface area contributed by atoms with E-state index in [1.807, 2.05) is 13.8 Å². The van der Waals surface area contributed by atoms with Crippen LogP contribution in [0.4, 0.5) is 11.4 Å². The van der Waals surface area contributed by atoms with Gasteiger partial charge in [0, 0.05) is 19.2 Å². The smallest absolute Gasteiger partial charge is 0.323 e.